The monoisotopic (exact) mass is 1560 g/mol. The van der Waals surface area contributed by atoms with Gasteiger partial charge in [0.05, 0.1) is 48.3 Å². The highest BCUT2D eigenvalue weighted by Gasteiger charge is 2.53. The number of carbonyl (C=O) groups is 2. The van der Waals surface area contributed by atoms with Gasteiger partial charge in [-0.15, -0.1) is 0 Å². The molecule has 0 unspecified atom stereocenters. The molecule has 2 amide bonds. The van der Waals surface area contributed by atoms with Crippen molar-refractivity contribution in [1.29, 1.82) is 0 Å². The molecule has 588 valence electrons. The molecule has 24 heteroatoms. The molecule has 4 aromatic rings. The Morgan fingerprint density at radius 2 is 0.944 bits per heavy atom. The first-order chi connectivity index (χ1) is 52.0. The molecule has 8 heterocycles. The average Bonchev–Trinajstić information content (AvgIpc) is 1.55. The fourth-order valence-electron chi connectivity index (χ4n) is 20.5. The van der Waals surface area contributed by atoms with E-state index in [2.05, 4.69) is 87.4 Å². The molecule has 108 heavy (non-hydrogen) atoms. The first kappa shape index (κ1) is 78.0. The summed E-state index contributed by atoms with van der Waals surface area (Å²) in [7, 11) is -4.20. The molecule has 4 aliphatic carbocycles. The Kier molecular flexibility index (Phi) is 23.3. The number of nitrogens with zero attached hydrogens (tertiary/aromatic N) is 6. The number of nitrogens with one attached hydrogen (secondary N) is 2. The average molecular weight is 1560 g/mol. The molecule has 4 bridgehead atoms. The summed E-state index contributed by atoms with van der Waals surface area (Å²) in [5.74, 6) is 0.966. The Bertz CT molecular complexity index is 3960. The van der Waals surface area contributed by atoms with Crippen LogP contribution >= 0.6 is 23.2 Å². The molecule has 4 aromatic carbocycles. The summed E-state index contributed by atoms with van der Waals surface area (Å²) in [6.07, 6.45) is 22.4. The highest BCUT2D eigenvalue weighted by atomic mass is 35.5. The number of aryl methyl sites for hydroxylation is 2. The molecule has 2 spiro atoms. The highest BCUT2D eigenvalue weighted by molar-refractivity contribution is 7.91. The summed E-state index contributed by atoms with van der Waals surface area (Å²) in [4.78, 5) is 42.5. The van der Waals surface area contributed by atoms with Crippen LogP contribution < -0.4 is 28.7 Å². The molecule has 14 atom stereocenters. The fraction of sp³-hybridized carbons (Fsp3) is 0.643. The normalized spacial score (nSPS) is 35.2. The molecule has 0 radical (unpaired) electrons. The molecule has 0 aromatic heterocycles. The summed E-state index contributed by atoms with van der Waals surface area (Å²) in [5, 5.41) is -0.0581. The van der Waals surface area contributed by atoms with Gasteiger partial charge in [0.15, 0.2) is 0 Å². The summed E-state index contributed by atoms with van der Waals surface area (Å²) in [6.45, 7) is 24.2. The van der Waals surface area contributed by atoms with Crippen molar-refractivity contribution in [1.82, 2.24) is 29.0 Å². The fourth-order valence-corrected chi connectivity index (χ4v) is 23.5. The van der Waals surface area contributed by atoms with Crippen LogP contribution in [0.2, 0.25) is 10.0 Å². The SMILES string of the molecule is CO[C@@]1(CN2CCN([C@@H]3CCOC3)CC2)/C=C/C[C@H](C)[C@@H](C)S(=O)(=O)NC(=O)c2ccc3c(c2)N(C[C@@H]2CC[C@H]21)C[C@@]1(CCCc2cc(Cl)ccc21)CO3.CO[C@@]1(CN2CCN([C@H]3CCOC3)CC2)/C=C/C[C@H](C)[C@@H](C)S(=O)(=O)NC(=O)c2ccc3c(c2)N(C[C@@H]2CC[C@H]21)C[C@@]1(CCCc2cc(Cl)ccc21)CO3. The Morgan fingerprint density at radius 1 is 0.528 bits per heavy atom. The number of fused-ring (bicyclic) bond motifs is 8. The van der Waals surface area contributed by atoms with Gasteiger partial charge in [-0.3, -0.25) is 29.2 Å². The van der Waals surface area contributed by atoms with E-state index in [-0.39, 0.29) is 34.5 Å². The van der Waals surface area contributed by atoms with Gasteiger partial charge in [-0.2, -0.15) is 0 Å². The second-order valence-electron chi connectivity index (χ2n) is 34.0. The van der Waals surface area contributed by atoms with Crippen LogP contribution in [0.4, 0.5) is 11.4 Å². The number of allylic oxidation sites excluding steroid dienone is 2. The van der Waals surface area contributed by atoms with E-state index in [1.165, 1.54) is 22.3 Å². The number of amides is 2. The zero-order valence-corrected chi connectivity index (χ0v) is 67.4. The van der Waals surface area contributed by atoms with Gasteiger partial charge < -0.3 is 38.2 Å². The lowest BCUT2D eigenvalue weighted by molar-refractivity contribution is -0.0965. The van der Waals surface area contributed by atoms with Gasteiger partial charge in [0.1, 0.15) is 22.7 Å². The van der Waals surface area contributed by atoms with E-state index in [9.17, 15) is 26.4 Å². The van der Waals surface area contributed by atoms with Crippen molar-refractivity contribution < 1.29 is 54.8 Å². The van der Waals surface area contributed by atoms with Crippen LogP contribution in [0.25, 0.3) is 0 Å². The van der Waals surface area contributed by atoms with Gasteiger partial charge in [-0.1, -0.05) is 73.5 Å². The maximum atomic E-state index is 13.7. The molecule has 6 fully saturated rings. The summed E-state index contributed by atoms with van der Waals surface area (Å²) in [6, 6.07) is 24.4. The van der Waals surface area contributed by atoms with Crippen molar-refractivity contribution in [3.05, 3.63) is 141 Å². The van der Waals surface area contributed by atoms with Crippen LogP contribution in [-0.2, 0) is 62.7 Å². The molecule has 8 aliphatic heterocycles. The van der Waals surface area contributed by atoms with E-state index >= 15 is 0 Å². The van der Waals surface area contributed by atoms with E-state index in [0.717, 1.165) is 228 Å². The Balaban J connectivity index is 0.000000172. The Hall–Kier alpha value is -5.34. The van der Waals surface area contributed by atoms with Gasteiger partial charge >= 0.3 is 0 Å². The van der Waals surface area contributed by atoms with Gasteiger partial charge in [0, 0.05) is 163 Å². The van der Waals surface area contributed by atoms with E-state index in [0.29, 0.717) is 61.1 Å². The van der Waals surface area contributed by atoms with Crippen molar-refractivity contribution in [3.8, 4) is 11.5 Å². The number of methoxy groups -OCH3 is 2. The lowest BCUT2D eigenvalue weighted by Gasteiger charge is -2.52. The highest BCUT2D eigenvalue weighted by Crippen LogP contribution is 2.52. The van der Waals surface area contributed by atoms with E-state index in [1.54, 1.807) is 26.0 Å². The number of halogens is 2. The maximum Gasteiger partial charge on any atom is 0.264 e. The van der Waals surface area contributed by atoms with Crippen LogP contribution in [0, 0.1) is 35.5 Å². The van der Waals surface area contributed by atoms with E-state index < -0.39 is 53.6 Å². The standard InChI is InChI=1S/2C42H57ClN4O6S/c2*1-29-6-4-16-42(51-3,27-45-17-19-46(20-18-45)35-14-21-52-25-35)37-11-8-33(37)24-47-26-41(15-5-7-31-22-34(43)10-12-36(31)41)28-53-39-13-9-32(23-38(39)47)40(48)44-54(49,50)30(29)2/h2*4,9-10,12-13,16,22-23,29-30,33,35,37H,5-8,11,14-15,17-21,24-28H2,1-3H3,(H,44,48)/b2*16-4+/t29-,30+,33-,35+,37+,41-,42+;29-,30+,33-,35-,37+,41-,42+/m00/s1. The predicted molar refractivity (Wildman–Crippen MR) is 424 cm³/mol. The van der Waals surface area contributed by atoms with Crippen LogP contribution in [0.5, 0.6) is 11.5 Å². The van der Waals surface area contributed by atoms with Gasteiger partial charge in [-0.05, 0) is 222 Å². The smallest absolute Gasteiger partial charge is 0.264 e. The number of rotatable bonds is 8. The third-order valence-electron chi connectivity index (χ3n) is 27.8. The van der Waals surface area contributed by atoms with Crippen molar-refractivity contribution in [2.24, 2.45) is 35.5 Å². The van der Waals surface area contributed by atoms with Gasteiger partial charge in [0.25, 0.3) is 11.8 Å². The number of ether oxygens (including phenoxy) is 6. The molecular formula is C84H114Cl2N8O12S2. The van der Waals surface area contributed by atoms with Crippen LogP contribution in [-0.4, -0.2) is 228 Å². The van der Waals surface area contributed by atoms with Crippen LogP contribution in [0.3, 0.4) is 0 Å². The number of carbonyl (C=O) groups excluding carboxylic acids is 2. The van der Waals surface area contributed by atoms with Gasteiger partial charge in [-0.25, -0.2) is 26.3 Å². The summed E-state index contributed by atoms with van der Waals surface area (Å²) < 4.78 is 97.6. The number of piperazine rings is 2. The number of hydrogen-bond acceptors (Lipinski definition) is 18. The minimum absolute atomic E-state index is 0.219. The Labute approximate surface area is 651 Å². The number of hydrogen-bond donors (Lipinski definition) is 2. The minimum atomic E-state index is -3.96. The Morgan fingerprint density at radius 3 is 1.31 bits per heavy atom. The van der Waals surface area contributed by atoms with Crippen molar-refractivity contribution in [2.75, 3.05) is 155 Å². The number of benzene rings is 4. The molecule has 2 saturated carbocycles. The number of anilines is 2. The topological polar surface area (TPSA) is 201 Å². The molecule has 12 aliphatic rings. The molecule has 4 saturated heterocycles. The lowest BCUT2D eigenvalue weighted by Crippen LogP contribution is -2.59. The molecule has 16 rings (SSSR count). The first-order valence-corrected chi connectivity index (χ1v) is 44.1. The molecule has 20 nitrogen and oxygen atoms in total. The maximum absolute atomic E-state index is 13.7. The van der Waals surface area contributed by atoms with E-state index in [4.69, 9.17) is 51.6 Å². The number of sulfonamides is 2. The van der Waals surface area contributed by atoms with E-state index in [1.807, 2.05) is 64.5 Å². The summed E-state index contributed by atoms with van der Waals surface area (Å²) >= 11 is 13.0. The zero-order valence-electron chi connectivity index (χ0n) is 64.2. The van der Waals surface area contributed by atoms with Crippen molar-refractivity contribution >= 4 is 66.4 Å². The van der Waals surface area contributed by atoms with Crippen LogP contribution in [0.1, 0.15) is 148 Å². The second-order valence-corrected chi connectivity index (χ2v) is 39.0. The molecular weight excluding hydrogens is 1450 g/mol. The minimum Gasteiger partial charge on any atom is -0.490 e. The van der Waals surface area contributed by atoms with Crippen LogP contribution in [0.15, 0.2) is 97.1 Å². The lowest BCUT2D eigenvalue weighted by atomic mass is 9.63. The summed E-state index contributed by atoms with van der Waals surface area (Å²) in [5.41, 5.74) is 5.81. The van der Waals surface area contributed by atoms with Crippen molar-refractivity contribution in [2.45, 2.75) is 162 Å². The molecule has 2 N–H and O–H groups in total. The predicted octanol–water partition coefficient (Wildman–Crippen LogP) is 11.4. The zero-order chi connectivity index (χ0) is 75.3. The van der Waals surface area contributed by atoms with Gasteiger partial charge in [0.2, 0.25) is 20.0 Å². The van der Waals surface area contributed by atoms with Crippen molar-refractivity contribution in [3.63, 3.8) is 0 Å². The third-order valence-corrected chi connectivity index (χ3v) is 32.1. The largest absolute Gasteiger partial charge is 0.490 e. The first-order valence-electron chi connectivity index (χ1n) is 40.3. The quantitative estimate of drug-likeness (QED) is 0.158. The third kappa shape index (κ3) is 15.9. The second kappa shape index (κ2) is 32.3.